The Morgan fingerprint density at radius 1 is 0.314 bits per heavy atom. The molecule has 0 atom stereocenters. The largest absolute Gasteiger partial charge is 0.208 e. The van der Waals surface area contributed by atoms with Crippen molar-refractivity contribution in [3.05, 3.63) is 176 Å². The highest BCUT2D eigenvalue weighted by Crippen LogP contribution is 2.46. The number of thiophene rings is 1. The van der Waals surface area contributed by atoms with Crippen LogP contribution < -0.4 is 0 Å². The maximum absolute atomic E-state index is 5.22. The van der Waals surface area contributed by atoms with Gasteiger partial charge in [0.1, 0.15) is 0 Å². The third-order valence-electron chi connectivity index (χ3n) is 9.73. The Labute approximate surface area is 299 Å². The van der Waals surface area contributed by atoms with E-state index in [2.05, 4.69) is 152 Å². The summed E-state index contributed by atoms with van der Waals surface area (Å²) in [6, 6.07) is 62.0. The van der Waals surface area contributed by atoms with Gasteiger partial charge in [-0.3, -0.25) is 0 Å². The quantitative estimate of drug-likeness (QED) is 0.171. The first-order valence-electron chi connectivity index (χ1n) is 17.1. The Balaban J connectivity index is 1.23. The van der Waals surface area contributed by atoms with Gasteiger partial charge >= 0.3 is 0 Å². The van der Waals surface area contributed by atoms with Gasteiger partial charge in [-0.15, -0.1) is 11.3 Å². The maximum atomic E-state index is 5.22. The molecule has 0 aliphatic carbocycles. The van der Waals surface area contributed by atoms with E-state index in [1.165, 1.54) is 47.6 Å². The van der Waals surface area contributed by atoms with Crippen molar-refractivity contribution in [3.63, 3.8) is 0 Å². The SMILES string of the molecule is c1ccc(-c2ccc(-c3nc(-c4ccccc4)nc(-c4cc5ccccc5c5c4ccc4c6cccc(-c7ccccc7)c6sc45)n3)cc2)cc1. The number of fused-ring (bicyclic) bond motifs is 7. The van der Waals surface area contributed by atoms with Crippen LogP contribution in [0.3, 0.4) is 0 Å². The molecular formula is C47H29N3S. The lowest BCUT2D eigenvalue weighted by Gasteiger charge is -2.13. The molecule has 2 aromatic heterocycles. The van der Waals surface area contributed by atoms with Crippen molar-refractivity contribution >= 4 is 53.1 Å². The van der Waals surface area contributed by atoms with Gasteiger partial charge in [-0.2, -0.15) is 0 Å². The number of nitrogens with zero attached hydrogens (tertiary/aromatic N) is 3. The van der Waals surface area contributed by atoms with Crippen LogP contribution in [-0.2, 0) is 0 Å². The molecule has 0 aliphatic rings. The van der Waals surface area contributed by atoms with Gasteiger partial charge in [-0.25, -0.2) is 15.0 Å². The molecule has 238 valence electrons. The molecule has 3 nitrogen and oxygen atoms in total. The third kappa shape index (κ3) is 5.08. The fourth-order valence-electron chi connectivity index (χ4n) is 7.25. The van der Waals surface area contributed by atoms with Gasteiger partial charge in [-0.1, -0.05) is 170 Å². The van der Waals surface area contributed by atoms with Gasteiger partial charge in [0, 0.05) is 42.2 Å². The molecule has 0 fully saturated rings. The number of hydrogen-bond acceptors (Lipinski definition) is 4. The van der Waals surface area contributed by atoms with E-state index in [0.717, 1.165) is 33.0 Å². The van der Waals surface area contributed by atoms with Gasteiger partial charge in [0.15, 0.2) is 17.5 Å². The highest BCUT2D eigenvalue weighted by atomic mass is 32.1. The second kappa shape index (κ2) is 12.1. The number of hydrogen-bond donors (Lipinski definition) is 0. The van der Waals surface area contributed by atoms with Crippen LogP contribution in [0.5, 0.6) is 0 Å². The monoisotopic (exact) mass is 667 g/mol. The van der Waals surface area contributed by atoms with Crippen LogP contribution in [0, 0.1) is 0 Å². The van der Waals surface area contributed by atoms with Crippen molar-refractivity contribution < 1.29 is 0 Å². The summed E-state index contributed by atoms with van der Waals surface area (Å²) < 4.78 is 2.58. The predicted molar refractivity (Wildman–Crippen MR) is 215 cm³/mol. The highest BCUT2D eigenvalue weighted by Gasteiger charge is 2.19. The minimum atomic E-state index is 0.648. The van der Waals surface area contributed by atoms with Crippen LogP contribution in [0.15, 0.2) is 176 Å². The topological polar surface area (TPSA) is 38.7 Å². The molecule has 0 amide bonds. The summed E-state index contributed by atoms with van der Waals surface area (Å²) in [5, 5.41) is 7.29. The molecule has 10 aromatic rings. The van der Waals surface area contributed by atoms with Crippen molar-refractivity contribution in [2.45, 2.75) is 0 Å². The zero-order valence-electron chi connectivity index (χ0n) is 27.5. The van der Waals surface area contributed by atoms with E-state index in [1.54, 1.807) is 0 Å². The number of benzene rings is 8. The molecule has 10 rings (SSSR count). The average molecular weight is 668 g/mol. The molecule has 51 heavy (non-hydrogen) atoms. The Bertz CT molecular complexity index is 2880. The van der Waals surface area contributed by atoms with Crippen molar-refractivity contribution in [3.8, 4) is 56.4 Å². The molecule has 0 radical (unpaired) electrons. The first-order valence-corrected chi connectivity index (χ1v) is 17.9. The van der Waals surface area contributed by atoms with Crippen molar-refractivity contribution in [1.29, 1.82) is 0 Å². The van der Waals surface area contributed by atoms with Crippen molar-refractivity contribution in [2.75, 3.05) is 0 Å². The van der Waals surface area contributed by atoms with E-state index >= 15 is 0 Å². The van der Waals surface area contributed by atoms with Crippen molar-refractivity contribution in [2.24, 2.45) is 0 Å². The summed E-state index contributed by atoms with van der Waals surface area (Å²) in [6.07, 6.45) is 0. The van der Waals surface area contributed by atoms with E-state index < -0.39 is 0 Å². The molecular weight excluding hydrogens is 639 g/mol. The third-order valence-corrected chi connectivity index (χ3v) is 11.0. The summed E-state index contributed by atoms with van der Waals surface area (Å²) in [4.78, 5) is 15.4. The van der Waals surface area contributed by atoms with Gasteiger partial charge < -0.3 is 0 Å². The molecule has 2 heterocycles. The van der Waals surface area contributed by atoms with Gasteiger partial charge in [0.05, 0.1) is 0 Å². The molecule has 0 spiro atoms. The summed E-state index contributed by atoms with van der Waals surface area (Å²) in [6.45, 7) is 0. The summed E-state index contributed by atoms with van der Waals surface area (Å²) in [5.41, 5.74) is 7.71. The second-order valence-corrected chi connectivity index (χ2v) is 13.8. The van der Waals surface area contributed by atoms with Crippen LogP contribution >= 0.6 is 11.3 Å². The number of rotatable bonds is 5. The Hall–Kier alpha value is -6.49. The first-order chi connectivity index (χ1) is 25.3. The summed E-state index contributed by atoms with van der Waals surface area (Å²) in [5.74, 6) is 1.96. The molecule has 0 unspecified atom stereocenters. The fourth-order valence-corrected chi connectivity index (χ4v) is 8.65. The summed E-state index contributed by atoms with van der Waals surface area (Å²) >= 11 is 1.88. The minimum absolute atomic E-state index is 0.648. The molecule has 8 aromatic carbocycles. The Morgan fingerprint density at radius 3 is 1.55 bits per heavy atom. The van der Waals surface area contributed by atoms with Crippen LogP contribution in [0.2, 0.25) is 0 Å². The standard InChI is InChI=1S/C47H29N3S/c1-4-13-30(14-5-1)31-23-25-34(26-24-31)46-48-45(33-17-8-3-9-18-33)49-47(50-46)41-29-35-19-10-11-20-36(35)42-38(41)27-28-40-39-22-12-21-37(43(39)51-44(40)42)32-15-6-2-7-16-32/h1-29H. The molecule has 4 heteroatoms. The lowest BCUT2D eigenvalue weighted by atomic mass is 9.94. The van der Waals surface area contributed by atoms with E-state index in [0.29, 0.717) is 17.5 Å². The number of aromatic nitrogens is 3. The smallest absolute Gasteiger partial charge is 0.164 e. The maximum Gasteiger partial charge on any atom is 0.164 e. The van der Waals surface area contributed by atoms with E-state index in [4.69, 9.17) is 15.0 Å². The lowest BCUT2D eigenvalue weighted by molar-refractivity contribution is 1.08. The minimum Gasteiger partial charge on any atom is -0.208 e. The molecule has 0 saturated heterocycles. The van der Waals surface area contributed by atoms with Crippen molar-refractivity contribution in [1.82, 2.24) is 15.0 Å². The van der Waals surface area contributed by atoms with Gasteiger partial charge in [0.2, 0.25) is 0 Å². The van der Waals surface area contributed by atoms with Crippen LogP contribution in [0.25, 0.3) is 98.1 Å². The Morgan fingerprint density at radius 2 is 0.824 bits per heavy atom. The molecule has 0 bridgehead atoms. The predicted octanol–water partition coefficient (Wildman–Crippen LogP) is 12.9. The van der Waals surface area contributed by atoms with Crippen LogP contribution in [0.4, 0.5) is 0 Å². The average Bonchev–Trinajstić information content (AvgIpc) is 3.60. The molecule has 0 saturated carbocycles. The van der Waals surface area contributed by atoms with Crippen LogP contribution in [-0.4, -0.2) is 15.0 Å². The van der Waals surface area contributed by atoms with Gasteiger partial charge in [-0.05, 0) is 44.5 Å². The summed E-state index contributed by atoms with van der Waals surface area (Å²) in [7, 11) is 0. The highest BCUT2D eigenvalue weighted by molar-refractivity contribution is 7.27. The van der Waals surface area contributed by atoms with E-state index in [9.17, 15) is 0 Å². The fraction of sp³-hybridized carbons (Fsp3) is 0. The van der Waals surface area contributed by atoms with Crippen LogP contribution in [0.1, 0.15) is 0 Å². The molecule has 0 aliphatic heterocycles. The zero-order chi connectivity index (χ0) is 33.7. The Kier molecular flexibility index (Phi) is 7.00. The zero-order valence-corrected chi connectivity index (χ0v) is 28.3. The van der Waals surface area contributed by atoms with E-state index in [-0.39, 0.29) is 0 Å². The second-order valence-electron chi connectivity index (χ2n) is 12.8. The lowest BCUT2D eigenvalue weighted by Crippen LogP contribution is -2.00. The van der Waals surface area contributed by atoms with E-state index in [1.807, 2.05) is 35.6 Å². The first kappa shape index (κ1) is 29.4. The van der Waals surface area contributed by atoms with Gasteiger partial charge in [0.25, 0.3) is 0 Å². The normalized spacial score (nSPS) is 11.5. The molecule has 0 N–H and O–H groups in total.